The summed E-state index contributed by atoms with van der Waals surface area (Å²) in [5.41, 5.74) is -1.59. The minimum atomic E-state index is -5.12. The second-order valence-corrected chi connectivity index (χ2v) is 10.5. The number of carbonyl (C=O) groups excluding carboxylic acids is 2. The van der Waals surface area contributed by atoms with Gasteiger partial charge in [-0.05, 0) is 66.8 Å². The van der Waals surface area contributed by atoms with Crippen molar-refractivity contribution in [3.63, 3.8) is 0 Å². The number of alkyl halides is 6. The van der Waals surface area contributed by atoms with Crippen LogP contribution in [0.4, 0.5) is 30.7 Å². The van der Waals surface area contributed by atoms with Gasteiger partial charge in [0.15, 0.2) is 0 Å². The van der Waals surface area contributed by atoms with Crippen LogP contribution >= 0.6 is 0 Å². The van der Waals surface area contributed by atoms with Crippen LogP contribution in [0.5, 0.6) is 0 Å². The summed E-state index contributed by atoms with van der Waals surface area (Å²) in [7, 11) is 0. The van der Waals surface area contributed by atoms with Gasteiger partial charge in [-0.2, -0.15) is 26.3 Å². The lowest BCUT2D eigenvalue weighted by Crippen LogP contribution is -2.44. The Hall–Kier alpha value is -4.35. The third-order valence-electron chi connectivity index (χ3n) is 7.35. The highest BCUT2D eigenvalue weighted by Crippen LogP contribution is 2.37. The normalized spacial score (nSPS) is 13.7. The Morgan fingerprint density at radius 1 is 0.860 bits per heavy atom. The van der Waals surface area contributed by atoms with Gasteiger partial charge in [0.2, 0.25) is 5.91 Å². The molecule has 5 nitrogen and oxygen atoms in total. The van der Waals surface area contributed by atoms with Crippen molar-refractivity contribution >= 4 is 22.7 Å². The zero-order valence-electron chi connectivity index (χ0n) is 22.6. The Balaban J connectivity index is 1.41. The molecule has 1 heterocycles. The molecule has 4 aromatic rings. The summed E-state index contributed by atoms with van der Waals surface area (Å²) in [5.74, 6) is -2.11. The molecule has 3 aromatic carbocycles. The maximum atomic E-state index is 13.7. The molecule has 0 saturated heterocycles. The van der Waals surface area contributed by atoms with Crippen LogP contribution in [-0.2, 0) is 30.1 Å². The van der Waals surface area contributed by atoms with Gasteiger partial charge in [-0.1, -0.05) is 30.3 Å². The van der Waals surface area contributed by atoms with Crippen molar-refractivity contribution < 1.29 is 40.3 Å². The van der Waals surface area contributed by atoms with E-state index in [1.807, 2.05) is 30.5 Å². The van der Waals surface area contributed by atoms with Gasteiger partial charge in [-0.25, -0.2) is 4.39 Å². The van der Waals surface area contributed by atoms with Gasteiger partial charge in [-0.3, -0.25) is 9.59 Å². The molecule has 2 amide bonds. The molecule has 5 rings (SSSR count). The molecule has 0 bridgehead atoms. The standard InChI is InChI=1S/C31H26F7N3O2/c32-24-7-5-19(6-8-24)17-40(12-11-20-16-39-27-4-2-1-3-26(20)27)28(42)18-41(25-9-10-25)29(43)21-13-22(30(33,34)35)15-23(14-21)31(36,37)38/h1-8,13-16,25,39H,9-12,17-18H2. The van der Waals surface area contributed by atoms with Crippen LogP contribution in [-0.4, -0.2) is 45.7 Å². The number of hydrogen-bond acceptors (Lipinski definition) is 2. The Kier molecular flexibility index (Phi) is 8.22. The first-order chi connectivity index (χ1) is 20.3. The second kappa shape index (κ2) is 11.7. The summed E-state index contributed by atoms with van der Waals surface area (Å²) in [4.78, 5) is 32.7. The fourth-order valence-corrected chi connectivity index (χ4v) is 4.94. The average Bonchev–Trinajstić information content (AvgIpc) is 3.72. The number of fused-ring (bicyclic) bond motifs is 1. The van der Waals surface area contributed by atoms with E-state index < -0.39 is 59.3 Å². The molecule has 0 aliphatic heterocycles. The predicted octanol–water partition coefficient (Wildman–Crippen LogP) is 7.22. The number of nitrogens with one attached hydrogen (secondary N) is 1. The molecule has 0 unspecified atom stereocenters. The molecule has 1 aliphatic carbocycles. The molecule has 0 atom stereocenters. The molecule has 226 valence electrons. The van der Waals surface area contributed by atoms with E-state index in [1.54, 1.807) is 0 Å². The molecule has 1 aromatic heterocycles. The molecule has 0 spiro atoms. The van der Waals surface area contributed by atoms with Crippen LogP contribution < -0.4 is 0 Å². The van der Waals surface area contributed by atoms with Crippen LogP contribution in [0, 0.1) is 5.82 Å². The molecule has 12 heteroatoms. The van der Waals surface area contributed by atoms with Crippen molar-refractivity contribution in [2.45, 2.75) is 44.2 Å². The highest BCUT2D eigenvalue weighted by atomic mass is 19.4. The fourth-order valence-electron chi connectivity index (χ4n) is 4.94. The van der Waals surface area contributed by atoms with Crippen molar-refractivity contribution in [3.8, 4) is 0 Å². The second-order valence-electron chi connectivity index (χ2n) is 10.5. The summed E-state index contributed by atoms with van der Waals surface area (Å²) in [6.45, 7) is -0.307. The fraction of sp³-hybridized carbons (Fsp3) is 0.290. The summed E-state index contributed by atoms with van der Waals surface area (Å²) < 4.78 is 94.2. The van der Waals surface area contributed by atoms with Crippen molar-refractivity contribution in [1.29, 1.82) is 0 Å². The van der Waals surface area contributed by atoms with Crippen LogP contribution in [0.2, 0.25) is 0 Å². The molecular weight excluding hydrogens is 579 g/mol. The van der Waals surface area contributed by atoms with Gasteiger partial charge in [0, 0.05) is 41.8 Å². The maximum absolute atomic E-state index is 13.7. The van der Waals surface area contributed by atoms with Gasteiger partial charge in [-0.15, -0.1) is 0 Å². The Morgan fingerprint density at radius 3 is 2.09 bits per heavy atom. The molecule has 1 fully saturated rings. The molecule has 43 heavy (non-hydrogen) atoms. The van der Waals surface area contributed by atoms with E-state index in [0.717, 1.165) is 21.4 Å². The first-order valence-corrected chi connectivity index (χ1v) is 13.5. The minimum Gasteiger partial charge on any atom is -0.361 e. The highest BCUT2D eigenvalue weighted by molar-refractivity contribution is 5.97. The molecule has 1 aliphatic rings. The topological polar surface area (TPSA) is 56.4 Å². The average molecular weight is 606 g/mol. The lowest BCUT2D eigenvalue weighted by atomic mass is 10.0. The van der Waals surface area contributed by atoms with E-state index in [9.17, 15) is 40.3 Å². The summed E-state index contributed by atoms with van der Waals surface area (Å²) in [6, 6.07) is 13.3. The third-order valence-corrected chi connectivity index (χ3v) is 7.35. The first-order valence-electron chi connectivity index (χ1n) is 13.5. The predicted molar refractivity (Wildman–Crippen MR) is 144 cm³/mol. The van der Waals surface area contributed by atoms with E-state index in [2.05, 4.69) is 4.98 Å². The van der Waals surface area contributed by atoms with Crippen molar-refractivity contribution in [2.24, 2.45) is 0 Å². The third kappa shape index (κ3) is 7.18. The van der Waals surface area contributed by atoms with Crippen molar-refractivity contribution in [2.75, 3.05) is 13.1 Å². The number of hydrogen-bond donors (Lipinski definition) is 1. The van der Waals surface area contributed by atoms with Crippen LogP contribution in [0.3, 0.4) is 0 Å². The van der Waals surface area contributed by atoms with E-state index in [-0.39, 0.29) is 19.2 Å². The van der Waals surface area contributed by atoms with Gasteiger partial charge in [0.25, 0.3) is 5.91 Å². The number of aromatic amines is 1. The Bertz CT molecular complexity index is 1590. The maximum Gasteiger partial charge on any atom is 0.416 e. The number of nitrogens with zero attached hydrogens (tertiary/aromatic N) is 2. The Labute approximate surface area is 241 Å². The van der Waals surface area contributed by atoms with Crippen molar-refractivity contribution in [3.05, 3.63) is 107 Å². The number of aromatic nitrogens is 1. The Morgan fingerprint density at radius 2 is 1.49 bits per heavy atom. The quantitative estimate of drug-likeness (QED) is 0.205. The summed E-state index contributed by atoms with van der Waals surface area (Å²) in [5, 5.41) is 0.955. The van der Waals surface area contributed by atoms with Crippen LogP contribution in [0.15, 0.2) is 72.9 Å². The summed E-state index contributed by atoms with van der Waals surface area (Å²) in [6.07, 6.45) is -7.10. The smallest absolute Gasteiger partial charge is 0.361 e. The van der Waals surface area contributed by atoms with Crippen molar-refractivity contribution in [1.82, 2.24) is 14.8 Å². The molecule has 1 saturated carbocycles. The molecule has 0 radical (unpaired) electrons. The number of H-pyrrole nitrogens is 1. The van der Waals surface area contributed by atoms with E-state index >= 15 is 0 Å². The number of halogens is 7. The van der Waals surface area contributed by atoms with E-state index in [0.29, 0.717) is 37.0 Å². The first kappa shape index (κ1) is 30.1. The number of amides is 2. The largest absolute Gasteiger partial charge is 0.416 e. The SMILES string of the molecule is O=C(CN(C(=O)c1cc(C(F)(F)F)cc(C(F)(F)F)c1)C1CC1)N(CCc1c[nH]c2ccccc12)Cc1ccc(F)cc1. The zero-order valence-corrected chi connectivity index (χ0v) is 22.6. The van der Waals surface area contributed by atoms with Gasteiger partial charge in [0.05, 0.1) is 11.1 Å². The molecule has 1 N–H and O–H groups in total. The lowest BCUT2D eigenvalue weighted by molar-refractivity contribution is -0.143. The van der Waals surface area contributed by atoms with E-state index in [1.165, 1.54) is 29.2 Å². The van der Waals surface area contributed by atoms with Gasteiger partial charge < -0.3 is 14.8 Å². The zero-order chi connectivity index (χ0) is 30.9. The number of carbonyl (C=O) groups is 2. The highest BCUT2D eigenvalue weighted by Gasteiger charge is 2.40. The lowest BCUT2D eigenvalue weighted by Gasteiger charge is -2.28. The molecular formula is C31H26F7N3O2. The minimum absolute atomic E-state index is 0.0431. The van der Waals surface area contributed by atoms with Gasteiger partial charge >= 0.3 is 12.4 Å². The van der Waals surface area contributed by atoms with Crippen LogP contribution in [0.25, 0.3) is 10.9 Å². The number of para-hydroxylation sites is 1. The van der Waals surface area contributed by atoms with Crippen LogP contribution in [0.1, 0.15) is 45.5 Å². The number of rotatable bonds is 9. The van der Waals surface area contributed by atoms with Gasteiger partial charge in [0.1, 0.15) is 12.4 Å². The van der Waals surface area contributed by atoms with E-state index in [4.69, 9.17) is 0 Å². The monoisotopic (exact) mass is 605 g/mol. The summed E-state index contributed by atoms with van der Waals surface area (Å²) >= 11 is 0. The number of benzene rings is 3.